The van der Waals surface area contributed by atoms with Crippen molar-refractivity contribution in [3.8, 4) is 0 Å². The minimum absolute atomic E-state index is 0.298. The van der Waals surface area contributed by atoms with E-state index in [1.165, 1.54) is 0 Å². The highest BCUT2D eigenvalue weighted by Gasteiger charge is 2.34. The Morgan fingerprint density at radius 3 is 0.833 bits per heavy atom. The number of halogens is 9. The molecule has 3 nitrogen and oxygen atoms in total. The lowest BCUT2D eigenvalue weighted by atomic mass is 9.49. The lowest BCUT2D eigenvalue weighted by molar-refractivity contribution is 1.19. The van der Waals surface area contributed by atoms with Crippen LogP contribution in [0.15, 0.2) is 35.0 Å². The first-order valence-corrected chi connectivity index (χ1v) is 21.6. The van der Waals surface area contributed by atoms with Crippen molar-refractivity contribution in [1.29, 1.82) is 0 Å². The molecule has 1 saturated heterocycles. The molecule has 1 aliphatic rings. The standard InChI is InChI=1S/C6H9B3Cl9N3Si3/c10-22(11,12)4-1-7-19-8(2-5-23(13,14)15)21-9(20-7)3-6-24(16,17)18/h1-6,19-21H/b4-1+,5-2+,6-3+. The van der Waals surface area contributed by atoms with Crippen LogP contribution in [0.2, 0.25) is 0 Å². The minimum Gasteiger partial charge on any atom is -0.364 e. The predicted molar refractivity (Wildman–Crippen MR) is 124 cm³/mol. The summed E-state index contributed by atoms with van der Waals surface area (Å²) in [7, 11) is 0. The molecule has 132 valence electrons. The molecule has 0 amide bonds. The van der Waals surface area contributed by atoms with Gasteiger partial charge in [-0.3, -0.25) is 0 Å². The Labute approximate surface area is 187 Å². The van der Waals surface area contributed by atoms with Gasteiger partial charge >= 0.3 is 39.0 Å². The number of hydrogen-bond acceptors (Lipinski definition) is 3. The molecule has 0 radical (unpaired) electrons. The first-order chi connectivity index (χ1) is 10.7. The Morgan fingerprint density at radius 2 is 0.667 bits per heavy atom. The fourth-order valence-electron chi connectivity index (χ4n) is 1.67. The van der Waals surface area contributed by atoms with Crippen LogP contribution in [-0.4, -0.2) is 39.0 Å². The zero-order chi connectivity index (χ0) is 18.6. The van der Waals surface area contributed by atoms with Gasteiger partial charge in [-0.25, -0.2) is 0 Å². The zero-order valence-corrected chi connectivity index (χ0v) is 21.4. The summed E-state index contributed by atoms with van der Waals surface area (Å²) >= 11 is 52.7. The van der Waals surface area contributed by atoms with E-state index >= 15 is 0 Å². The second-order valence-corrected chi connectivity index (χ2v) is 30.2. The predicted octanol–water partition coefficient (Wildman–Crippen LogP) is 4.10. The lowest BCUT2D eigenvalue weighted by Crippen LogP contribution is -2.73. The van der Waals surface area contributed by atoms with Gasteiger partial charge in [-0.15, -0.1) is 99.7 Å². The van der Waals surface area contributed by atoms with Gasteiger partial charge in [0, 0.05) is 0 Å². The molecule has 1 heterocycles. The third-order valence-electron chi connectivity index (χ3n) is 2.51. The first kappa shape index (κ1) is 24.6. The van der Waals surface area contributed by atoms with Crippen molar-refractivity contribution in [2.45, 2.75) is 0 Å². The van der Waals surface area contributed by atoms with Crippen LogP contribution in [0.1, 0.15) is 0 Å². The quantitative estimate of drug-likeness (QED) is 0.339. The molecular weight excluding hydrogens is 550 g/mol. The molecule has 1 rings (SSSR count). The molecule has 0 unspecified atom stereocenters. The van der Waals surface area contributed by atoms with Gasteiger partial charge in [0.05, 0.1) is 0 Å². The topological polar surface area (TPSA) is 36.1 Å². The highest BCUT2D eigenvalue weighted by atomic mass is 35.9. The summed E-state index contributed by atoms with van der Waals surface area (Å²) in [5.74, 6) is 5.17. The summed E-state index contributed by atoms with van der Waals surface area (Å²) < 4.78 is 0. The van der Waals surface area contributed by atoms with Crippen LogP contribution >= 0.6 is 99.7 Å². The number of hydrogen-bond donors (Lipinski definition) is 3. The minimum atomic E-state index is -2.90. The SMILES string of the molecule is Cl[Si](Cl)(Cl)/C=C/B1NB(/C=C/[Si](Cl)(Cl)Cl)NB(/C=C/[Si](Cl)(Cl)Cl)N1. The average Bonchev–Trinajstić information content (AvgIpc) is 2.38. The summed E-state index contributed by atoms with van der Waals surface area (Å²) in [5.41, 5.74) is 4.67. The van der Waals surface area contributed by atoms with Crippen LogP contribution in [0.5, 0.6) is 0 Å². The molecule has 0 bridgehead atoms. The first-order valence-electron chi connectivity index (χ1n) is 6.30. The van der Waals surface area contributed by atoms with Crippen molar-refractivity contribution >= 4 is 139 Å². The summed E-state index contributed by atoms with van der Waals surface area (Å²) in [6.45, 7) is -0.895. The van der Waals surface area contributed by atoms with Crippen LogP contribution in [-0.2, 0) is 0 Å². The third-order valence-corrected chi connectivity index (χ3v) is 7.62. The Bertz CT molecular complexity index is 428. The molecule has 0 aliphatic carbocycles. The zero-order valence-electron chi connectivity index (χ0n) is 11.6. The maximum absolute atomic E-state index is 5.86. The molecule has 3 N–H and O–H groups in total. The van der Waals surface area contributed by atoms with E-state index in [-0.39, 0.29) is 20.9 Å². The Kier molecular flexibility index (Phi) is 10.6. The van der Waals surface area contributed by atoms with Crippen molar-refractivity contribution < 1.29 is 0 Å². The number of rotatable bonds is 6. The molecule has 18 heteroatoms. The molecule has 0 aromatic heterocycles. The summed E-state index contributed by atoms with van der Waals surface area (Å²) in [6, 6.07) is -8.69. The molecule has 0 aromatic rings. The number of nitrogens with one attached hydrogen (secondary N) is 3. The van der Waals surface area contributed by atoms with E-state index in [1.54, 1.807) is 35.0 Å². The van der Waals surface area contributed by atoms with E-state index in [9.17, 15) is 0 Å². The smallest absolute Gasteiger partial charge is 0.364 e. The monoisotopic (exact) mass is 555 g/mol. The fourth-order valence-corrected chi connectivity index (χ4v) is 4.87. The van der Waals surface area contributed by atoms with Gasteiger partial charge in [-0.2, -0.15) is 0 Å². The van der Waals surface area contributed by atoms with Crippen molar-refractivity contribution in [3.63, 3.8) is 0 Å². The molecule has 0 atom stereocenters. The van der Waals surface area contributed by atoms with Gasteiger partial charge in [-0.1, -0.05) is 35.0 Å². The van der Waals surface area contributed by atoms with Crippen molar-refractivity contribution in [3.05, 3.63) is 35.0 Å². The van der Waals surface area contributed by atoms with Crippen molar-refractivity contribution in [1.82, 2.24) is 15.4 Å². The van der Waals surface area contributed by atoms with Crippen LogP contribution in [0.3, 0.4) is 0 Å². The molecule has 24 heavy (non-hydrogen) atoms. The highest BCUT2D eigenvalue weighted by Crippen LogP contribution is 2.22. The van der Waals surface area contributed by atoms with Gasteiger partial charge in [0.25, 0.3) is 0 Å². The van der Waals surface area contributed by atoms with Crippen LogP contribution < -0.4 is 15.4 Å². The van der Waals surface area contributed by atoms with E-state index in [0.29, 0.717) is 0 Å². The molecule has 1 fully saturated rings. The summed E-state index contributed by atoms with van der Waals surface area (Å²) in [6.07, 6.45) is 0. The van der Waals surface area contributed by atoms with Crippen LogP contribution in [0.4, 0.5) is 0 Å². The van der Waals surface area contributed by atoms with Gasteiger partial charge in [0.2, 0.25) is 0 Å². The Hall–Kier alpha value is 2.56. The highest BCUT2D eigenvalue weighted by molar-refractivity contribution is 7.67. The van der Waals surface area contributed by atoms with E-state index in [0.717, 1.165) is 0 Å². The summed E-state index contributed by atoms with van der Waals surface area (Å²) in [5, 5.41) is 9.60. The van der Waals surface area contributed by atoms with Crippen LogP contribution in [0, 0.1) is 0 Å². The van der Waals surface area contributed by atoms with Crippen LogP contribution in [0.25, 0.3) is 0 Å². The molecule has 0 aromatic carbocycles. The molecular formula is C6H9B3Cl9N3Si3. The van der Waals surface area contributed by atoms with Gasteiger partial charge in [-0.05, 0) is 0 Å². The Morgan fingerprint density at radius 1 is 0.458 bits per heavy atom. The second kappa shape index (κ2) is 10.4. The van der Waals surface area contributed by atoms with Crippen molar-refractivity contribution in [2.24, 2.45) is 0 Å². The average molecular weight is 559 g/mol. The lowest BCUT2D eigenvalue weighted by Gasteiger charge is -2.29. The molecule has 1 aliphatic heterocycles. The normalized spacial score (nSPS) is 18.6. The van der Waals surface area contributed by atoms with Gasteiger partial charge < -0.3 is 15.4 Å². The van der Waals surface area contributed by atoms with E-state index in [2.05, 4.69) is 15.4 Å². The summed E-state index contributed by atoms with van der Waals surface area (Å²) in [4.78, 5) is 0. The van der Waals surface area contributed by atoms with E-state index in [4.69, 9.17) is 99.7 Å². The van der Waals surface area contributed by atoms with Gasteiger partial charge in [0.1, 0.15) is 0 Å². The molecule has 0 spiro atoms. The van der Waals surface area contributed by atoms with Gasteiger partial charge in [0.15, 0.2) is 0 Å². The molecule has 0 saturated carbocycles. The maximum atomic E-state index is 5.86. The van der Waals surface area contributed by atoms with E-state index in [1.807, 2.05) is 0 Å². The second-order valence-electron chi connectivity index (χ2n) is 4.64. The van der Waals surface area contributed by atoms with Crippen molar-refractivity contribution in [2.75, 3.05) is 0 Å². The largest absolute Gasteiger partial charge is 0.364 e. The maximum Gasteiger partial charge on any atom is 0.364 e. The van der Waals surface area contributed by atoms with E-state index < -0.39 is 18.0 Å². The fraction of sp³-hybridized carbons (Fsp3) is 0. The third kappa shape index (κ3) is 12.9. The Balaban J connectivity index is 2.88.